The van der Waals surface area contributed by atoms with Gasteiger partial charge in [0, 0.05) is 24.2 Å². The highest BCUT2D eigenvalue weighted by atomic mass is 32.2. The number of benzene rings is 2. The number of sulfone groups is 1. The van der Waals surface area contributed by atoms with Crippen LogP contribution in [0.1, 0.15) is 25.7 Å². The minimum atomic E-state index is -3.64. The van der Waals surface area contributed by atoms with Gasteiger partial charge in [-0.15, -0.1) is 0 Å². The van der Waals surface area contributed by atoms with E-state index < -0.39 is 9.84 Å². The second-order valence-electron chi connectivity index (χ2n) is 6.71. The van der Waals surface area contributed by atoms with Gasteiger partial charge < -0.3 is 4.90 Å². The van der Waals surface area contributed by atoms with Crippen molar-refractivity contribution in [1.29, 1.82) is 0 Å². The first-order chi connectivity index (χ1) is 12.7. The fourth-order valence-electron chi connectivity index (χ4n) is 3.56. The molecule has 0 bridgehead atoms. The summed E-state index contributed by atoms with van der Waals surface area (Å²) in [5.41, 5.74) is 1.70. The third-order valence-corrected chi connectivity index (χ3v) is 6.60. The second-order valence-corrected chi connectivity index (χ2v) is 8.61. The van der Waals surface area contributed by atoms with E-state index in [1.54, 1.807) is 30.3 Å². The standard InChI is InChI=1S/C21H22N2O2S/c24-26(25,17-10-4-3-5-11-17)21-16-20(23-14-8-1-2-9-15-23)18-12-6-7-13-19(18)22-21/h3-7,10-13,16H,1-2,8-9,14-15H2. The number of rotatable bonds is 3. The van der Waals surface area contributed by atoms with Crippen LogP contribution in [0.4, 0.5) is 5.69 Å². The third kappa shape index (κ3) is 3.19. The summed E-state index contributed by atoms with van der Waals surface area (Å²) < 4.78 is 26.2. The highest BCUT2D eigenvalue weighted by Gasteiger charge is 2.23. The molecule has 0 radical (unpaired) electrons. The SMILES string of the molecule is O=S(=O)(c1ccccc1)c1cc(N2CCCCCC2)c2ccccc2n1. The molecule has 134 valence electrons. The first-order valence-corrected chi connectivity index (χ1v) is 10.6. The van der Waals surface area contributed by atoms with Crippen LogP contribution < -0.4 is 4.90 Å². The molecule has 1 fully saturated rings. The van der Waals surface area contributed by atoms with Crippen LogP contribution in [0.5, 0.6) is 0 Å². The van der Waals surface area contributed by atoms with Crippen LogP contribution in [0, 0.1) is 0 Å². The molecular formula is C21H22N2O2S. The Morgan fingerprint density at radius 1 is 0.808 bits per heavy atom. The third-order valence-electron chi connectivity index (χ3n) is 4.95. The maximum atomic E-state index is 13.1. The van der Waals surface area contributed by atoms with Gasteiger partial charge >= 0.3 is 0 Å². The molecule has 0 saturated carbocycles. The Bertz CT molecular complexity index is 1010. The van der Waals surface area contributed by atoms with Crippen molar-refractivity contribution in [2.75, 3.05) is 18.0 Å². The van der Waals surface area contributed by atoms with Crippen LogP contribution in [-0.4, -0.2) is 26.5 Å². The van der Waals surface area contributed by atoms with Gasteiger partial charge in [-0.25, -0.2) is 13.4 Å². The van der Waals surface area contributed by atoms with Gasteiger partial charge in [0.05, 0.1) is 10.4 Å². The summed E-state index contributed by atoms with van der Waals surface area (Å²) in [6, 6.07) is 18.1. The summed E-state index contributed by atoms with van der Waals surface area (Å²) in [6.07, 6.45) is 4.73. The molecule has 2 heterocycles. The zero-order valence-electron chi connectivity index (χ0n) is 14.6. The Morgan fingerprint density at radius 2 is 1.46 bits per heavy atom. The quantitative estimate of drug-likeness (QED) is 0.687. The van der Waals surface area contributed by atoms with E-state index >= 15 is 0 Å². The van der Waals surface area contributed by atoms with E-state index in [4.69, 9.17) is 0 Å². The van der Waals surface area contributed by atoms with E-state index in [0.29, 0.717) is 0 Å². The molecule has 5 heteroatoms. The van der Waals surface area contributed by atoms with Crippen molar-refractivity contribution >= 4 is 26.4 Å². The van der Waals surface area contributed by atoms with Crippen LogP contribution in [0.3, 0.4) is 0 Å². The van der Waals surface area contributed by atoms with Crippen molar-refractivity contribution in [3.63, 3.8) is 0 Å². The molecule has 0 unspecified atom stereocenters. The van der Waals surface area contributed by atoms with Crippen molar-refractivity contribution < 1.29 is 8.42 Å². The average Bonchev–Trinajstić information content (AvgIpc) is 2.97. The highest BCUT2D eigenvalue weighted by Crippen LogP contribution is 2.32. The van der Waals surface area contributed by atoms with Gasteiger partial charge in [-0.1, -0.05) is 49.2 Å². The number of anilines is 1. The molecule has 4 rings (SSSR count). The van der Waals surface area contributed by atoms with Gasteiger partial charge in [-0.2, -0.15) is 0 Å². The van der Waals surface area contributed by atoms with E-state index in [1.807, 2.05) is 30.3 Å². The van der Waals surface area contributed by atoms with Gasteiger partial charge in [-0.05, 0) is 37.1 Å². The zero-order chi connectivity index (χ0) is 18.0. The molecule has 26 heavy (non-hydrogen) atoms. The molecular weight excluding hydrogens is 344 g/mol. The van der Waals surface area contributed by atoms with Gasteiger partial charge in [0.15, 0.2) is 5.03 Å². The molecule has 0 atom stereocenters. The fraction of sp³-hybridized carbons (Fsp3) is 0.286. The lowest BCUT2D eigenvalue weighted by Gasteiger charge is -2.24. The van der Waals surface area contributed by atoms with Gasteiger partial charge in [0.1, 0.15) is 0 Å². The first-order valence-electron chi connectivity index (χ1n) is 9.11. The Balaban J connectivity index is 1.89. The fourth-order valence-corrected chi connectivity index (χ4v) is 4.81. The molecule has 4 nitrogen and oxygen atoms in total. The van der Waals surface area contributed by atoms with E-state index in [1.165, 1.54) is 12.8 Å². The lowest BCUT2D eigenvalue weighted by atomic mass is 10.1. The van der Waals surface area contributed by atoms with E-state index in [9.17, 15) is 8.42 Å². The molecule has 3 aromatic rings. The number of fused-ring (bicyclic) bond motifs is 1. The van der Waals surface area contributed by atoms with E-state index in [2.05, 4.69) is 9.88 Å². The summed E-state index contributed by atoms with van der Waals surface area (Å²) in [4.78, 5) is 7.09. The summed E-state index contributed by atoms with van der Waals surface area (Å²) in [5, 5.41) is 1.14. The second kappa shape index (κ2) is 7.08. The molecule has 1 aromatic heterocycles. The average molecular weight is 366 g/mol. The van der Waals surface area contributed by atoms with Crippen molar-refractivity contribution in [2.24, 2.45) is 0 Å². The molecule has 0 aliphatic carbocycles. The molecule has 1 aliphatic rings. The molecule has 0 amide bonds. The van der Waals surface area contributed by atoms with Gasteiger partial charge in [-0.3, -0.25) is 0 Å². The topological polar surface area (TPSA) is 50.3 Å². The van der Waals surface area contributed by atoms with E-state index in [-0.39, 0.29) is 9.92 Å². The molecule has 1 saturated heterocycles. The van der Waals surface area contributed by atoms with Crippen LogP contribution in [0.15, 0.2) is 70.6 Å². The van der Waals surface area contributed by atoms with E-state index in [0.717, 1.165) is 42.5 Å². The predicted molar refractivity (Wildman–Crippen MR) is 104 cm³/mol. The number of pyridine rings is 1. The maximum Gasteiger partial charge on any atom is 0.223 e. The van der Waals surface area contributed by atoms with Crippen molar-refractivity contribution in [2.45, 2.75) is 35.6 Å². The molecule has 2 aromatic carbocycles. The van der Waals surface area contributed by atoms with Gasteiger partial charge in [0.25, 0.3) is 0 Å². The lowest BCUT2D eigenvalue weighted by Crippen LogP contribution is -2.24. The number of para-hydroxylation sites is 1. The Hall–Kier alpha value is -2.40. The van der Waals surface area contributed by atoms with Gasteiger partial charge in [0.2, 0.25) is 9.84 Å². The van der Waals surface area contributed by atoms with Crippen molar-refractivity contribution in [3.05, 3.63) is 60.7 Å². The monoisotopic (exact) mass is 366 g/mol. The molecule has 0 spiro atoms. The smallest absolute Gasteiger partial charge is 0.223 e. The number of hydrogen-bond acceptors (Lipinski definition) is 4. The molecule has 0 N–H and O–H groups in total. The van der Waals surface area contributed by atoms with Crippen molar-refractivity contribution in [3.8, 4) is 0 Å². The minimum Gasteiger partial charge on any atom is -0.371 e. The Kier molecular flexibility index (Phi) is 4.64. The van der Waals surface area contributed by atoms with Crippen LogP contribution in [0.2, 0.25) is 0 Å². The Morgan fingerprint density at radius 3 is 2.19 bits per heavy atom. The summed E-state index contributed by atoms with van der Waals surface area (Å²) in [7, 11) is -3.64. The molecule has 1 aliphatic heterocycles. The Labute approximate surface area is 154 Å². The zero-order valence-corrected chi connectivity index (χ0v) is 15.5. The largest absolute Gasteiger partial charge is 0.371 e. The minimum absolute atomic E-state index is 0.127. The summed E-state index contributed by atoms with van der Waals surface area (Å²) >= 11 is 0. The summed E-state index contributed by atoms with van der Waals surface area (Å²) in [6.45, 7) is 1.91. The first kappa shape index (κ1) is 17.0. The predicted octanol–water partition coefficient (Wildman–Crippen LogP) is 4.45. The maximum absolute atomic E-state index is 13.1. The number of nitrogens with zero attached hydrogens (tertiary/aromatic N) is 2. The normalized spacial score (nSPS) is 15.8. The van der Waals surface area contributed by atoms with Crippen LogP contribution in [-0.2, 0) is 9.84 Å². The number of aromatic nitrogens is 1. The van der Waals surface area contributed by atoms with Crippen LogP contribution in [0.25, 0.3) is 10.9 Å². The summed E-state index contributed by atoms with van der Waals surface area (Å²) in [5.74, 6) is 0. The number of hydrogen-bond donors (Lipinski definition) is 0. The van der Waals surface area contributed by atoms with Crippen molar-refractivity contribution in [1.82, 2.24) is 4.98 Å². The lowest BCUT2D eigenvalue weighted by molar-refractivity contribution is 0.593. The highest BCUT2D eigenvalue weighted by molar-refractivity contribution is 7.91. The van der Waals surface area contributed by atoms with Crippen LogP contribution >= 0.6 is 0 Å².